The van der Waals surface area contributed by atoms with Crippen molar-refractivity contribution in [3.8, 4) is 0 Å². The van der Waals surface area contributed by atoms with E-state index in [2.05, 4.69) is 46.4 Å². The van der Waals surface area contributed by atoms with Crippen LogP contribution >= 0.6 is 0 Å². The molecule has 126 valence electrons. The highest BCUT2D eigenvalue weighted by Gasteiger charge is 2.22. The van der Waals surface area contributed by atoms with Crippen LogP contribution in [0.4, 0.5) is 11.5 Å². The largest absolute Gasteiger partial charge is 0.465 e. The number of rotatable bonds is 5. The molecule has 5 heteroatoms. The van der Waals surface area contributed by atoms with Gasteiger partial charge < -0.3 is 15.0 Å². The van der Waals surface area contributed by atoms with Crippen molar-refractivity contribution in [3.63, 3.8) is 0 Å². The van der Waals surface area contributed by atoms with E-state index in [-0.39, 0.29) is 5.97 Å². The van der Waals surface area contributed by atoms with Gasteiger partial charge in [-0.3, -0.25) is 0 Å². The van der Waals surface area contributed by atoms with Crippen LogP contribution in [-0.4, -0.2) is 37.2 Å². The predicted octanol–water partition coefficient (Wildman–Crippen LogP) is 3.04. The zero-order valence-electron chi connectivity index (χ0n) is 14.4. The normalized spacial score (nSPS) is 14.2. The smallest absolute Gasteiger partial charge is 0.339 e. The molecule has 1 aliphatic heterocycles. The molecule has 1 N–H and O–H groups in total. The van der Waals surface area contributed by atoms with Gasteiger partial charge in [-0.15, -0.1) is 0 Å². The summed E-state index contributed by atoms with van der Waals surface area (Å²) in [5, 5.41) is 3.37. The van der Waals surface area contributed by atoms with Gasteiger partial charge in [0.15, 0.2) is 0 Å². The van der Waals surface area contributed by atoms with Crippen molar-refractivity contribution >= 4 is 17.5 Å². The number of aryl methyl sites for hydroxylation is 1. The summed E-state index contributed by atoms with van der Waals surface area (Å²) in [5.41, 5.74) is 3.92. The fourth-order valence-electron chi connectivity index (χ4n) is 3.17. The van der Waals surface area contributed by atoms with Crippen LogP contribution in [0.5, 0.6) is 0 Å². The lowest BCUT2D eigenvalue weighted by Crippen LogP contribution is -2.36. The number of methoxy groups -OCH3 is 1. The van der Waals surface area contributed by atoms with Gasteiger partial charge in [0.2, 0.25) is 0 Å². The molecule has 0 radical (unpaired) electrons. The van der Waals surface area contributed by atoms with Crippen LogP contribution in [0.3, 0.4) is 0 Å². The Labute approximate surface area is 142 Å². The van der Waals surface area contributed by atoms with Gasteiger partial charge >= 0.3 is 5.97 Å². The van der Waals surface area contributed by atoms with Gasteiger partial charge in [-0.25, -0.2) is 9.78 Å². The molecule has 3 rings (SSSR count). The number of aromatic nitrogens is 1. The average Bonchev–Trinajstić information content (AvgIpc) is 3.03. The second-order valence-electron chi connectivity index (χ2n) is 6.12. The van der Waals surface area contributed by atoms with E-state index in [9.17, 15) is 4.79 Å². The molecule has 0 saturated carbocycles. The summed E-state index contributed by atoms with van der Waals surface area (Å²) in [6, 6.07) is 12.5. The van der Waals surface area contributed by atoms with Crippen LogP contribution < -0.4 is 10.2 Å². The summed E-state index contributed by atoms with van der Waals surface area (Å²) in [6.07, 6.45) is 1.10. The van der Waals surface area contributed by atoms with Crippen LogP contribution in [0, 0.1) is 6.92 Å². The van der Waals surface area contributed by atoms with E-state index in [0.29, 0.717) is 17.3 Å². The number of benzene rings is 1. The molecule has 0 bridgehead atoms. The summed E-state index contributed by atoms with van der Waals surface area (Å²) in [4.78, 5) is 18.5. The number of carbonyl (C=O) groups is 1. The third-order valence-corrected chi connectivity index (χ3v) is 4.52. The Kier molecular flexibility index (Phi) is 4.69. The van der Waals surface area contributed by atoms with Crippen molar-refractivity contribution in [1.82, 2.24) is 4.98 Å². The Morgan fingerprint density at radius 2 is 2.12 bits per heavy atom. The van der Waals surface area contributed by atoms with Crippen molar-refractivity contribution < 1.29 is 9.53 Å². The Morgan fingerprint density at radius 3 is 2.88 bits per heavy atom. The summed E-state index contributed by atoms with van der Waals surface area (Å²) >= 11 is 0. The second-order valence-corrected chi connectivity index (χ2v) is 6.12. The lowest BCUT2D eigenvalue weighted by Gasteiger charge is -2.27. The number of fused-ring (bicyclic) bond motifs is 1. The highest BCUT2D eigenvalue weighted by atomic mass is 16.5. The second kappa shape index (κ2) is 6.91. The summed E-state index contributed by atoms with van der Waals surface area (Å²) in [6.45, 7) is 5.87. The van der Waals surface area contributed by atoms with E-state index >= 15 is 0 Å². The summed E-state index contributed by atoms with van der Waals surface area (Å²) in [7, 11) is 1.38. The Bertz CT molecular complexity index is 745. The van der Waals surface area contributed by atoms with Gasteiger partial charge in [0.05, 0.1) is 18.4 Å². The number of hydrogen-bond donors (Lipinski definition) is 1. The molecule has 0 spiro atoms. The number of anilines is 2. The average molecular weight is 325 g/mol. The van der Waals surface area contributed by atoms with Crippen LogP contribution in [0.1, 0.15) is 28.5 Å². The predicted molar refractivity (Wildman–Crippen MR) is 95.8 cm³/mol. The molecule has 0 aliphatic carbocycles. The fourth-order valence-corrected chi connectivity index (χ4v) is 3.17. The van der Waals surface area contributed by atoms with Gasteiger partial charge in [0, 0.05) is 24.8 Å². The molecule has 0 amide bonds. The first-order valence-corrected chi connectivity index (χ1v) is 8.24. The molecule has 1 aliphatic rings. The fraction of sp³-hybridized carbons (Fsp3) is 0.368. The van der Waals surface area contributed by atoms with E-state index in [1.807, 2.05) is 13.0 Å². The van der Waals surface area contributed by atoms with E-state index in [1.54, 1.807) is 6.07 Å². The quantitative estimate of drug-likeness (QED) is 0.856. The summed E-state index contributed by atoms with van der Waals surface area (Å²) in [5.74, 6) is 0.424. The third kappa shape index (κ3) is 3.20. The third-order valence-electron chi connectivity index (χ3n) is 4.52. The van der Waals surface area contributed by atoms with Crippen molar-refractivity contribution in [2.75, 3.05) is 30.4 Å². The van der Waals surface area contributed by atoms with Crippen molar-refractivity contribution in [1.29, 1.82) is 0 Å². The Balaban J connectivity index is 1.64. The van der Waals surface area contributed by atoms with Crippen LogP contribution in [0.2, 0.25) is 0 Å². The van der Waals surface area contributed by atoms with Crippen molar-refractivity contribution in [2.45, 2.75) is 26.3 Å². The number of hydrogen-bond acceptors (Lipinski definition) is 5. The Morgan fingerprint density at radius 1 is 1.33 bits per heavy atom. The van der Waals surface area contributed by atoms with Crippen LogP contribution in [-0.2, 0) is 11.2 Å². The zero-order chi connectivity index (χ0) is 17.1. The number of pyridine rings is 1. The first-order chi connectivity index (χ1) is 11.6. The molecule has 1 unspecified atom stereocenters. The minimum absolute atomic E-state index is 0.353. The molecule has 2 heterocycles. The molecule has 24 heavy (non-hydrogen) atoms. The van der Waals surface area contributed by atoms with E-state index in [1.165, 1.54) is 18.4 Å². The first-order valence-electron chi connectivity index (χ1n) is 8.24. The van der Waals surface area contributed by atoms with Crippen molar-refractivity contribution in [3.05, 3.63) is 53.2 Å². The monoisotopic (exact) mass is 325 g/mol. The van der Waals surface area contributed by atoms with Gasteiger partial charge in [-0.1, -0.05) is 18.2 Å². The van der Waals surface area contributed by atoms with Gasteiger partial charge in [0.25, 0.3) is 0 Å². The molecular formula is C19H23N3O2. The molecule has 1 aromatic heterocycles. The Hall–Kier alpha value is -2.56. The highest BCUT2D eigenvalue weighted by molar-refractivity contribution is 5.90. The molecular weight excluding hydrogens is 302 g/mol. The van der Waals surface area contributed by atoms with Crippen LogP contribution in [0.25, 0.3) is 0 Å². The van der Waals surface area contributed by atoms with E-state index in [0.717, 1.165) is 25.3 Å². The maximum Gasteiger partial charge on any atom is 0.339 e. The van der Waals surface area contributed by atoms with Gasteiger partial charge in [0.1, 0.15) is 5.82 Å². The van der Waals surface area contributed by atoms with Gasteiger partial charge in [-0.2, -0.15) is 0 Å². The number of nitrogens with zero attached hydrogens (tertiary/aromatic N) is 2. The molecule has 5 nitrogen and oxygen atoms in total. The minimum Gasteiger partial charge on any atom is -0.465 e. The molecule has 0 fully saturated rings. The lowest BCUT2D eigenvalue weighted by molar-refractivity contribution is 0.0599. The molecule has 0 saturated heterocycles. The SMILES string of the molecule is COC(=O)c1ccc(NCC(C)N2CCc3ccccc32)nc1C. The highest BCUT2D eigenvalue weighted by Crippen LogP contribution is 2.29. The van der Waals surface area contributed by atoms with E-state index in [4.69, 9.17) is 4.74 Å². The maximum atomic E-state index is 11.6. The number of nitrogens with one attached hydrogen (secondary N) is 1. The number of carbonyl (C=O) groups excluding carboxylic acids is 1. The number of ether oxygens (including phenoxy) is 1. The lowest BCUT2D eigenvalue weighted by atomic mass is 10.2. The number of esters is 1. The minimum atomic E-state index is -0.353. The molecule has 2 aromatic rings. The van der Waals surface area contributed by atoms with Gasteiger partial charge in [-0.05, 0) is 44.0 Å². The molecule has 1 atom stereocenters. The number of para-hydroxylation sites is 1. The molecule has 1 aromatic carbocycles. The maximum absolute atomic E-state index is 11.6. The first kappa shape index (κ1) is 16.3. The zero-order valence-corrected chi connectivity index (χ0v) is 14.4. The summed E-state index contributed by atoms with van der Waals surface area (Å²) < 4.78 is 4.75. The van der Waals surface area contributed by atoms with Crippen molar-refractivity contribution in [2.24, 2.45) is 0 Å². The topological polar surface area (TPSA) is 54.5 Å². The standard InChI is InChI=1S/C19H23N3O2/c1-13(22-11-10-15-6-4-5-7-17(15)22)12-20-18-9-8-16(14(2)21-18)19(23)24-3/h4-9,13H,10-12H2,1-3H3,(H,20,21). The van der Waals surface area contributed by atoms with Crippen LogP contribution in [0.15, 0.2) is 36.4 Å². The van der Waals surface area contributed by atoms with E-state index < -0.39 is 0 Å².